The Morgan fingerprint density at radius 3 is 3.17 bits per heavy atom. The van der Waals surface area contributed by atoms with Crippen LogP contribution in [-0.2, 0) is 0 Å². The summed E-state index contributed by atoms with van der Waals surface area (Å²) in [5, 5.41) is 2.77. The molecule has 1 aromatic carbocycles. The Labute approximate surface area is 73.6 Å². The molecule has 0 aliphatic rings. The standard InChI is InChI=1S/C10H4FS/c11-6-4-8-2-1-3-10-9(8)5-7-12-10/h1-3,7H. The summed E-state index contributed by atoms with van der Waals surface area (Å²) in [6, 6.07) is 8.65. The minimum atomic E-state index is 0.705. The zero-order chi connectivity index (χ0) is 8.39. The van der Waals surface area contributed by atoms with Gasteiger partial charge in [-0.2, -0.15) is 0 Å². The molecule has 2 rings (SSSR count). The normalized spacial score (nSPS) is 9.42. The second-order valence-electron chi connectivity index (χ2n) is 2.28. The first-order chi connectivity index (χ1) is 5.92. The first kappa shape index (κ1) is 7.33. The van der Waals surface area contributed by atoms with E-state index < -0.39 is 0 Å². The lowest BCUT2D eigenvalue weighted by atomic mass is 10.1. The molecule has 0 fully saturated rings. The molecule has 0 aliphatic carbocycles. The fourth-order valence-corrected chi connectivity index (χ4v) is 1.83. The number of rotatable bonds is 0. The molecular formula is C10H4FS. The summed E-state index contributed by atoms with van der Waals surface area (Å²) in [6.45, 7) is 0. The van der Waals surface area contributed by atoms with E-state index in [-0.39, 0.29) is 0 Å². The van der Waals surface area contributed by atoms with Crippen molar-refractivity contribution in [3.63, 3.8) is 0 Å². The van der Waals surface area contributed by atoms with E-state index >= 15 is 0 Å². The average Bonchev–Trinajstić information content (AvgIpc) is 2.53. The molecule has 0 unspecified atom stereocenters. The largest absolute Gasteiger partial charge is 0.144 e. The van der Waals surface area contributed by atoms with Crippen molar-refractivity contribution in [2.75, 3.05) is 0 Å². The number of hydrogen-bond acceptors (Lipinski definition) is 1. The molecule has 0 amide bonds. The van der Waals surface area contributed by atoms with Crippen LogP contribution in [-0.4, -0.2) is 0 Å². The van der Waals surface area contributed by atoms with Crippen molar-refractivity contribution < 1.29 is 4.39 Å². The zero-order valence-electron chi connectivity index (χ0n) is 6.10. The lowest BCUT2D eigenvalue weighted by Gasteiger charge is -1.90. The highest BCUT2D eigenvalue weighted by atomic mass is 32.1. The van der Waals surface area contributed by atoms with Gasteiger partial charge in [0.1, 0.15) is 6.17 Å². The molecule has 0 N–H and O–H groups in total. The van der Waals surface area contributed by atoms with Crippen LogP contribution in [0, 0.1) is 18.2 Å². The molecule has 0 aliphatic heterocycles. The number of hydrogen-bond donors (Lipinski definition) is 0. The van der Waals surface area contributed by atoms with Crippen LogP contribution in [0.4, 0.5) is 4.39 Å². The molecule has 0 spiro atoms. The summed E-state index contributed by atoms with van der Waals surface area (Å²) in [4.78, 5) is 0. The van der Waals surface area contributed by atoms with E-state index in [0.717, 1.165) is 10.1 Å². The van der Waals surface area contributed by atoms with Gasteiger partial charge in [0, 0.05) is 21.7 Å². The van der Waals surface area contributed by atoms with Gasteiger partial charge in [0.25, 0.3) is 0 Å². The lowest BCUT2D eigenvalue weighted by molar-refractivity contribution is 0.774. The summed E-state index contributed by atoms with van der Waals surface area (Å²) < 4.78 is 12.8. The molecule has 0 atom stereocenters. The van der Waals surface area contributed by atoms with Crippen molar-refractivity contribution in [2.24, 2.45) is 0 Å². The molecular weight excluding hydrogens is 171 g/mol. The first-order valence-corrected chi connectivity index (χ1v) is 4.29. The van der Waals surface area contributed by atoms with Gasteiger partial charge in [0.15, 0.2) is 0 Å². The van der Waals surface area contributed by atoms with Crippen molar-refractivity contribution in [2.45, 2.75) is 0 Å². The van der Waals surface area contributed by atoms with E-state index in [4.69, 9.17) is 0 Å². The number of halogens is 1. The summed E-state index contributed by atoms with van der Waals surface area (Å²) in [6.07, 6.45) is 1.40. The molecule has 57 valence electrons. The van der Waals surface area contributed by atoms with E-state index in [0.29, 0.717) is 5.56 Å². The third-order valence-electron chi connectivity index (χ3n) is 1.60. The fourth-order valence-electron chi connectivity index (χ4n) is 1.09. The molecule has 0 saturated carbocycles. The topological polar surface area (TPSA) is 0 Å². The summed E-state index contributed by atoms with van der Waals surface area (Å²) in [5.41, 5.74) is 0.705. The molecule has 1 aromatic heterocycles. The highest BCUT2D eigenvalue weighted by Gasteiger charge is 1.98. The maximum atomic E-state index is 11.7. The maximum absolute atomic E-state index is 11.7. The molecule has 2 aromatic rings. The Hall–Kier alpha value is -1.33. The number of fused-ring (bicyclic) bond motifs is 1. The molecule has 0 saturated heterocycles. The van der Waals surface area contributed by atoms with Crippen LogP contribution in [0.3, 0.4) is 0 Å². The number of thiophene rings is 1. The highest BCUT2D eigenvalue weighted by Crippen LogP contribution is 2.22. The van der Waals surface area contributed by atoms with Crippen molar-refractivity contribution >= 4 is 21.4 Å². The van der Waals surface area contributed by atoms with Crippen LogP contribution in [0.1, 0.15) is 5.56 Å². The second kappa shape index (κ2) is 2.96. The predicted molar refractivity (Wildman–Crippen MR) is 48.6 cm³/mol. The Morgan fingerprint density at radius 1 is 1.42 bits per heavy atom. The summed E-state index contributed by atoms with van der Waals surface area (Å²) >= 11 is 1.58. The van der Waals surface area contributed by atoms with Gasteiger partial charge < -0.3 is 0 Å². The lowest BCUT2D eigenvalue weighted by Crippen LogP contribution is -1.72. The highest BCUT2D eigenvalue weighted by molar-refractivity contribution is 7.17. The van der Waals surface area contributed by atoms with Crippen molar-refractivity contribution in [1.82, 2.24) is 0 Å². The molecule has 0 bridgehead atoms. The van der Waals surface area contributed by atoms with Crippen molar-refractivity contribution in [3.05, 3.63) is 35.2 Å². The average molecular weight is 175 g/mol. The van der Waals surface area contributed by atoms with E-state index in [1.165, 1.54) is 6.17 Å². The monoisotopic (exact) mass is 175 g/mol. The van der Waals surface area contributed by atoms with Crippen molar-refractivity contribution in [3.8, 4) is 12.1 Å². The third-order valence-corrected chi connectivity index (χ3v) is 2.43. The molecule has 1 radical (unpaired) electrons. The van der Waals surface area contributed by atoms with Crippen LogP contribution in [0.2, 0.25) is 0 Å². The van der Waals surface area contributed by atoms with Crippen LogP contribution in [0.25, 0.3) is 10.1 Å². The van der Waals surface area contributed by atoms with Gasteiger partial charge >= 0.3 is 0 Å². The zero-order valence-corrected chi connectivity index (χ0v) is 6.91. The molecule has 12 heavy (non-hydrogen) atoms. The van der Waals surface area contributed by atoms with Gasteiger partial charge in [-0.15, -0.1) is 15.7 Å². The van der Waals surface area contributed by atoms with Crippen molar-refractivity contribution in [1.29, 1.82) is 0 Å². The van der Waals surface area contributed by atoms with Crippen LogP contribution in [0.15, 0.2) is 23.6 Å². The van der Waals surface area contributed by atoms with Gasteiger partial charge in [0.05, 0.1) is 0 Å². The number of benzene rings is 1. The summed E-state index contributed by atoms with van der Waals surface area (Å²) in [5.74, 6) is 2.40. The maximum Gasteiger partial charge on any atom is 0.111 e. The minimum Gasteiger partial charge on any atom is -0.144 e. The van der Waals surface area contributed by atoms with E-state index in [1.807, 2.05) is 17.5 Å². The van der Waals surface area contributed by atoms with Gasteiger partial charge in [-0.1, -0.05) is 6.07 Å². The Balaban J connectivity index is 2.79. The molecule has 2 heteroatoms. The predicted octanol–water partition coefficient (Wildman–Crippen LogP) is 2.98. The molecule has 1 heterocycles. The second-order valence-corrected chi connectivity index (χ2v) is 3.19. The SMILES string of the molecule is FC#Cc1cccc2sc[c]c12. The van der Waals surface area contributed by atoms with Crippen LogP contribution < -0.4 is 0 Å². The fraction of sp³-hybridized carbons (Fsp3) is 0. The Morgan fingerprint density at radius 2 is 2.33 bits per heavy atom. The molecule has 0 nitrogen and oxygen atoms in total. The van der Waals surface area contributed by atoms with Crippen LogP contribution in [0.5, 0.6) is 0 Å². The van der Waals surface area contributed by atoms with Gasteiger partial charge in [-0.3, -0.25) is 0 Å². The Bertz CT molecular complexity index is 459. The van der Waals surface area contributed by atoms with E-state index in [1.54, 1.807) is 17.4 Å². The third kappa shape index (κ3) is 1.09. The first-order valence-electron chi connectivity index (χ1n) is 3.41. The van der Waals surface area contributed by atoms with Crippen LogP contribution >= 0.6 is 11.3 Å². The van der Waals surface area contributed by atoms with E-state index in [9.17, 15) is 4.39 Å². The quantitative estimate of drug-likeness (QED) is 0.540. The summed E-state index contributed by atoms with van der Waals surface area (Å²) in [7, 11) is 0. The van der Waals surface area contributed by atoms with Gasteiger partial charge in [-0.25, -0.2) is 0 Å². The van der Waals surface area contributed by atoms with Gasteiger partial charge in [-0.05, 0) is 23.4 Å². The minimum absolute atomic E-state index is 0.705. The Kier molecular flexibility index (Phi) is 1.81. The van der Waals surface area contributed by atoms with E-state index in [2.05, 4.69) is 12.0 Å². The smallest absolute Gasteiger partial charge is 0.111 e. The van der Waals surface area contributed by atoms with Gasteiger partial charge in [0.2, 0.25) is 0 Å².